The molecule has 2 rings (SSSR count). The Morgan fingerprint density at radius 2 is 2.00 bits per heavy atom. The summed E-state index contributed by atoms with van der Waals surface area (Å²) >= 11 is 1.82. The second-order valence-electron chi connectivity index (χ2n) is 3.68. The van der Waals surface area contributed by atoms with E-state index in [1.165, 1.54) is 18.2 Å². The summed E-state index contributed by atoms with van der Waals surface area (Å²) in [5.41, 5.74) is 6.14. The van der Waals surface area contributed by atoms with E-state index in [2.05, 4.69) is 0 Å². The van der Waals surface area contributed by atoms with Crippen LogP contribution in [0.4, 0.5) is 10.1 Å². The Hall–Kier alpha value is -1.23. The minimum absolute atomic E-state index is 0.133. The normalized spacial score (nSPS) is 16.2. The first-order valence-corrected chi connectivity index (χ1v) is 6.25. The maximum atomic E-state index is 13.1. The highest BCUT2D eigenvalue weighted by molar-refractivity contribution is 7.99. The van der Waals surface area contributed by atoms with Crippen LogP contribution in [0.2, 0.25) is 0 Å². The van der Waals surface area contributed by atoms with Crippen molar-refractivity contribution < 1.29 is 9.18 Å². The summed E-state index contributed by atoms with van der Waals surface area (Å²) in [4.78, 5) is 13.7. The minimum Gasteiger partial charge on any atom is -0.399 e. The van der Waals surface area contributed by atoms with E-state index in [1.807, 2.05) is 11.8 Å². The van der Waals surface area contributed by atoms with Gasteiger partial charge in [0.05, 0.1) is 0 Å². The number of carbonyl (C=O) groups excluding carboxylic acids is 1. The molecule has 1 aromatic rings. The van der Waals surface area contributed by atoms with Gasteiger partial charge < -0.3 is 10.6 Å². The third kappa shape index (κ3) is 2.47. The molecule has 1 fully saturated rings. The van der Waals surface area contributed by atoms with Gasteiger partial charge in [-0.3, -0.25) is 4.79 Å². The van der Waals surface area contributed by atoms with Crippen LogP contribution in [0.1, 0.15) is 10.4 Å². The number of nitrogen functional groups attached to an aromatic ring is 1. The third-order valence-corrected chi connectivity index (χ3v) is 3.41. The predicted molar refractivity (Wildman–Crippen MR) is 64.0 cm³/mol. The molecule has 5 heteroatoms. The zero-order chi connectivity index (χ0) is 11.5. The number of thioether (sulfide) groups is 1. The van der Waals surface area contributed by atoms with E-state index in [9.17, 15) is 9.18 Å². The molecule has 3 nitrogen and oxygen atoms in total. The van der Waals surface area contributed by atoms with E-state index in [0.717, 1.165) is 24.6 Å². The van der Waals surface area contributed by atoms with Gasteiger partial charge in [0.15, 0.2) is 0 Å². The van der Waals surface area contributed by atoms with Gasteiger partial charge in [-0.25, -0.2) is 4.39 Å². The van der Waals surface area contributed by atoms with Crippen molar-refractivity contribution in [1.29, 1.82) is 0 Å². The smallest absolute Gasteiger partial charge is 0.254 e. The summed E-state index contributed by atoms with van der Waals surface area (Å²) < 4.78 is 13.1. The van der Waals surface area contributed by atoms with Gasteiger partial charge >= 0.3 is 0 Å². The SMILES string of the molecule is Nc1cc(F)cc(C(=O)N2CCSCC2)c1. The van der Waals surface area contributed by atoms with Crippen LogP contribution in [-0.2, 0) is 0 Å². The molecule has 1 aliphatic rings. The number of amides is 1. The first-order valence-electron chi connectivity index (χ1n) is 5.10. The summed E-state index contributed by atoms with van der Waals surface area (Å²) in [6, 6.07) is 3.97. The van der Waals surface area contributed by atoms with Crippen LogP contribution in [0, 0.1) is 5.82 Å². The molecule has 86 valence electrons. The number of anilines is 1. The average Bonchev–Trinajstić information content (AvgIpc) is 2.28. The standard InChI is InChI=1S/C11H13FN2OS/c12-9-5-8(6-10(13)7-9)11(15)14-1-3-16-4-2-14/h5-7H,1-4,13H2. The Bertz CT molecular complexity index is 385. The average molecular weight is 240 g/mol. The van der Waals surface area contributed by atoms with Gasteiger partial charge in [-0.05, 0) is 18.2 Å². The number of nitrogens with two attached hydrogens (primary N) is 1. The molecule has 1 saturated heterocycles. The van der Waals surface area contributed by atoms with Crippen molar-refractivity contribution in [2.75, 3.05) is 30.3 Å². The fourth-order valence-electron chi connectivity index (χ4n) is 1.68. The Morgan fingerprint density at radius 3 is 2.62 bits per heavy atom. The van der Waals surface area contributed by atoms with Crippen LogP contribution in [0.3, 0.4) is 0 Å². The molecule has 0 aliphatic carbocycles. The molecule has 0 radical (unpaired) electrons. The predicted octanol–water partition coefficient (Wildman–Crippen LogP) is 1.60. The van der Waals surface area contributed by atoms with Crippen molar-refractivity contribution in [3.8, 4) is 0 Å². The van der Waals surface area contributed by atoms with Crippen LogP contribution in [0.25, 0.3) is 0 Å². The second kappa shape index (κ2) is 4.74. The molecule has 0 unspecified atom stereocenters. The van der Waals surface area contributed by atoms with Crippen LogP contribution in [-0.4, -0.2) is 35.4 Å². The Balaban J connectivity index is 2.19. The number of halogens is 1. The molecular weight excluding hydrogens is 227 g/mol. The highest BCUT2D eigenvalue weighted by atomic mass is 32.2. The van der Waals surface area contributed by atoms with E-state index < -0.39 is 5.82 Å². The molecule has 0 aromatic heterocycles. The van der Waals surface area contributed by atoms with Crippen molar-refractivity contribution in [1.82, 2.24) is 4.90 Å². The molecular formula is C11H13FN2OS. The quantitative estimate of drug-likeness (QED) is 0.758. The second-order valence-corrected chi connectivity index (χ2v) is 4.90. The van der Waals surface area contributed by atoms with Gasteiger partial charge in [0.25, 0.3) is 5.91 Å². The monoisotopic (exact) mass is 240 g/mol. The van der Waals surface area contributed by atoms with Gasteiger partial charge in [-0.15, -0.1) is 0 Å². The summed E-state index contributed by atoms with van der Waals surface area (Å²) in [5.74, 6) is 1.29. The van der Waals surface area contributed by atoms with E-state index in [4.69, 9.17) is 5.73 Å². The topological polar surface area (TPSA) is 46.3 Å². The molecule has 16 heavy (non-hydrogen) atoms. The van der Waals surface area contributed by atoms with Crippen LogP contribution in [0.15, 0.2) is 18.2 Å². The molecule has 2 N–H and O–H groups in total. The molecule has 0 saturated carbocycles. The lowest BCUT2D eigenvalue weighted by molar-refractivity contribution is 0.0772. The van der Waals surface area contributed by atoms with Crippen LogP contribution >= 0.6 is 11.8 Å². The maximum Gasteiger partial charge on any atom is 0.254 e. The van der Waals surface area contributed by atoms with E-state index >= 15 is 0 Å². The highest BCUT2D eigenvalue weighted by Crippen LogP contribution is 2.16. The first-order chi connectivity index (χ1) is 7.66. The minimum atomic E-state index is -0.463. The number of benzene rings is 1. The summed E-state index contributed by atoms with van der Waals surface area (Å²) in [6.45, 7) is 1.44. The molecule has 0 bridgehead atoms. The van der Waals surface area contributed by atoms with E-state index in [1.54, 1.807) is 4.90 Å². The number of hydrogen-bond acceptors (Lipinski definition) is 3. The Morgan fingerprint density at radius 1 is 1.31 bits per heavy atom. The zero-order valence-electron chi connectivity index (χ0n) is 8.78. The van der Waals surface area contributed by atoms with Crippen molar-refractivity contribution >= 4 is 23.4 Å². The van der Waals surface area contributed by atoms with Crippen molar-refractivity contribution in [3.63, 3.8) is 0 Å². The largest absolute Gasteiger partial charge is 0.399 e. The molecule has 0 spiro atoms. The number of rotatable bonds is 1. The molecule has 1 heterocycles. The number of carbonyl (C=O) groups is 1. The fourth-order valence-corrected chi connectivity index (χ4v) is 2.59. The van der Waals surface area contributed by atoms with Crippen molar-refractivity contribution in [3.05, 3.63) is 29.6 Å². The van der Waals surface area contributed by atoms with E-state index in [0.29, 0.717) is 5.56 Å². The lowest BCUT2D eigenvalue weighted by Crippen LogP contribution is -2.37. The van der Waals surface area contributed by atoms with Gasteiger partial charge in [0.2, 0.25) is 0 Å². The van der Waals surface area contributed by atoms with Gasteiger partial charge in [0.1, 0.15) is 5.82 Å². The van der Waals surface area contributed by atoms with Crippen LogP contribution < -0.4 is 5.73 Å². The molecule has 0 atom stereocenters. The summed E-state index contributed by atoms with van der Waals surface area (Å²) in [5, 5.41) is 0. The molecule has 1 aromatic carbocycles. The third-order valence-electron chi connectivity index (χ3n) is 2.47. The lowest BCUT2D eigenvalue weighted by Gasteiger charge is -2.26. The highest BCUT2D eigenvalue weighted by Gasteiger charge is 2.18. The van der Waals surface area contributed by atoms with Gasteiger partial charge in [-0.2, -0.15) is 11.8 Å². The van der Waals surface area contributed by atoms with Crippen molar-refractivity contribution in [2.45, 2.75) is 0 Å². The van der Waals surface area contributed by atoms with Crippen LogP contribution in [0.5, 0.6) is 0 Å². The zero-order valence-corrected chi connectivity index (χ0v) is 9.60. The number of nitrogens with zero attached hydrogens (tertiary/aromatic N) is 1. The van der Waals surface area contributed by atoms with E-state index in [-0.39, 0.29) is 11.6 Å². The molecule has 1 amide bonds. The molecule has 1 aliphatic heterocycles. The Kier molecular flexibility index (Phi) is 3.33. The van der Waals surface area contributed by atoms with Gasteiger partial charge in [-0.1, -0.05) is 0 Å². The van der Waals surface area contributed by atoms with Crippen molar-refractivity contribution in [2.24, 2.45) is 0 Å². The fraction of sp³-hybridized carbons (Fsp3) is 0.364. The summed E-state index contributed by atoms with van der Waals surface area (Å²) in [6.07, 6.45) is 0. The first kappa shape index (κ1) is 11.3. The summed E-state index contributed by atoms with van der Waals surface area (Å²) in [7, 11) is 0. The Labute approximate surface area is 97.8 Å². The maximum absolute atomic E-state index is 13.1. The lowest BCUT2D eigenvalue weighted by atomic mass is 10.1. The number of hydrogen-bond donors (Lipinski definition) is 1. The van der Waals surface area contributed by atoms with Gasteiger partial charge in [0, 0.05) is 35.8 Å².